The lowest BCUT2D eigenvalue weighted by Crippen LogP contribution is -2.39. The minimum atomic E-state index is 0.420. The molecule has 2 atom stereocenters. The maximum atomic E-state index is 3.71. The fraction of sp³-hybridized carbons (Fsp3) is 0.600. The van der Waals surface area contributed by atoms with E-state index in [2.05, 4.69) is 60.0 Å². The summed E-state index contributed by atoms with van der Waals surface area (Å²) in [6.07, 6.45) is 2.62. The van der Waals surface area contributed by atoms with E-state index in [9.17, 15) is 0 Å². The number of nitrogens with zero attached hydrogens (tertiary/aromatic N) is 1. The average molecular weight is 247 g/mol. The van der Waals surface area contributed by atoms with Crippen molar-refractivity contribution in [2.24, 2.45) is 0 Å². The highest BCUT2D eigenvalue weighted by Crippen LogP contribution is 2.14. The van der Waals surface area contributed by atoms with Gasteiger partial charge in [0.1, 0.15) is 0 Å². The van der Waals surface area contributed by atoms with Crippen LogP contribution >= 0.6 is 0 Å². The topological polar surface area (TPSA) is 27.3 Å². The van der Waals surface area contributed by atoms with Crippen LogP contribution in [0.4, 0.5) is 0 Å². The third-order valence-electron chi connectivity index (χ3n) is 3.52. The highest BCUT2D eigenvalue weighted by Gasteiger charge is 2.17. The van der Waals surface area contributed by atoms with Gasteiger partial charge >= 0.3 is 0 Å². The molecule has 1 aromatic carbocycles. The molecule has 18 heavy (non-hydrogen) atoms. The minimum Gasteiger partial charge on any atom is -0.313 e. The number of hydrogen-bond acceptors (Lipinski definition) is 3. The second-order valence-corrected chi connectivity index (χ2v) is 5.43. The summed E-state index contributed by atoms with van der Waals surface area (Å²) in [6, 6.07) is 11.8. The van der Waals surface area contributed by atoms with Crippen molar-refractivity contribution in [1.82, 2.24) is 15.5 Å². The molecular formula is C15H25N3. The molecule has 0 amide bonds. The van der Waals surface area contributed by atoms with Gasteiger partial charge in [-0.05, 0) is 39.0 Å². The summed E-state index contributed by atoms with van der Waals surface area (Å²) in [7, 11) is 4.26. The standard InChI is InChI=1S/C15H25N3/c1-18(2)12-15(13-7-4-3-5-8-13)17-11-14-9-6-10-16-14/h3-5,7-8,14-17H,6,9-12H2,1-2H3. The van der Waals surface area contributed by atoms with Gasteiger partial charge in [-0.1, -0.05) is 30.3 Å². The van der Waals surface area contributed by atoms with Gasteiger partial charge in [-0.15, -0.1) is 0 Å². The summed E-state index contributed by atoms with van der Waals surface area (Å²) < 4.78 is 0. The van der Waals surface area contributed by atoms with E-state index in [0.717, 1.165) is 13.1 Å². The lowest BCUT2D eigenvalue weighted by molar-refractivity contribution is 0.334. The molecule has 0 aromatic heterocycles. The fourth-order valence-corrected chi connectivity index (χ4v) is 2.55. The first-order chi connectivity index (χ1) is 8.75. The maximum Gasteiger partial charge on any atom is 0.0449 e. The Kier molecular flexibility index (Phi) is 5.17. The summed E-state index contributed by atoms with van der Waals surface area (Å²) >= 11 is 0. The van der Waals surface area contributed by atoms with Gasteiger partial charge in [0.25, 0.3) is 0 Å². The normalized spacial score (nSPS) is 21.4. The predicted octanol–water partition coefficient (Wildman–Crippen LogP) is 1.63. The summed E-state index contributed by atoms with van der Waals surface area (Å²) in [6.45, 7) is 3.28. The largest absolute Gasteiger partial charge is 0.313 e. The van der Waals surface area contributed by atoms with Crippen molar-refractivity contribution in [2.75, 3.05) is 33.7 Å². The van der Waals surface area contributed by atoms with Crippen molar-refractivity contribution >= 4 is 0 Å². The van der Waals surface area contributed by atoms with Gasteiger partial charge in [0.15, 0.2) is 0 Å². The number of hydrogen-bond donors (Lipinski definition) is 2. The van der Waals surface area contributed by atoms with Gasteiger partial charge in [0.2, 0.25) is 0 Å². The van der Waals surface area contributed by atoms with Crippen LogP contribution < -0.4 is 10.6 Å². The molecule has 1 aliphatic rings. The van der Waals surface area contributed by atoms with E-state index in [1.54, 1.807) is 0 Å². The molecule has 2 unspecified atom stereocenters. The van der Waals surface area contributed by atoms with E-state index in [1.807, 2.05) is 0 Å². The van der Waals surface area contributed by atoms with Crippen LogP contribution in [-0.4, -0.2) is 44.7 Å². The molecule has 2 N–H and O–H groups in total. The van der Waals surface area contributed by atoms with Crippen LogP contribution in [0.25, 0.3) is 0 Å². The predicted molar refractivity (Wildman–Crippen MR) is 76.8 cm³/mol. The minimum absolute atomic E-state index is 0.420. The number of rotatable bonds is 6. The molecule has 2 rings (SSSR count). The van der Waals surface area contributed by atoms with E-state index >= 15 is 0 Å². The van der Waals surface area contributed by atoms with Gasteiger partial charge in [0, 0.05) is 25.2 Å². The number of likely N-dealkylation sites (N-methyl/N-ethyl adjacent to an activating group) is 1. The van der Waals surface area contributed by atoms with Crippen LogP contribution in [0.5, 0.6) is 0 Å². The van der Waals surface area contributed by atoms with Crippen LogP contribution in [-0.2, 0) is 0 Å². The Balaban J connectivity index is 1.92. The van der Waals surface area contributed by atoms with Crippen molar-refractivity contribution in [3.8, 4) is 0 Å². The van der Waals surface area contributed by atoms with Crippen LogP contribution in [0.3, 0.4) is 0 Å². The summed E-state index contributed by atoms with van der Waals surface area (Å²) in [5.74, 6) is 0. The number of nitrogens with one attached hydrogen (secondary N) is 2. The molecule has 0 bridgehead atoms. The molecule has 0 aliphatic carbocycles. The zero-order valence-electron chi connectivity index (χ0n) is 11.5. The number of benzene rings is 1. The molecule has 0 spiro atoms. The van der Waals surface area contributed by atoms with Crippen LogP contribution in [0.1, 0.15) is 24.4 Å². The molecule has 3 heteroatoms. The zero-order valence-corrected chi connectivity index (χ0v) is 11.5. The maximum absolute atomic E-state index is 3.71. The molecule has 1 aliphatic heterocycles. The fourth-order valence-electron chi connectivity index (χ4n) is 2.55. The Hall–Kier alpha value is -0.900. The summed E-state index contributed by atoms with van der Waals surface area (Å²) in [4.78, 5) is 2.24. The summed E-state index contributed by atoms with van der Waals surface area (Å²) in [5.41, 5.74) is 1.38. The van der Waals surface area contributed by atoms with E-state index in [4.69, 9.17) is 0 Å². The van der Waals surface area contributed by atoms with Gasteiger partial charge in [0.05, 0.1) is 0 Å². The Morgan fingerprint density at radius 3 is 2.72 bits per heavy atom. The highest BCUT2D eigenvalue weighted by molar-refractivity contribution is 5.19. The molecule has 1 heterocycles. The Bertz CT molecular complexity index is 331. The monoisotopic (exact) mass is 247 g/mol. The van der Waals surface area contributed by atoms with Gasteiger partial charge < -0.3 is 15.5 Å². The van der Waals surface area contributed by atoms with Crippen LogP contribution in [0.15, 0.2) is 30.3 Å². The van der Waals surface area contributed by atoms with Crippen molar-refractivity contribution in [1.29, 1.82) is 0 Å². The lowest BCUT2D eigenvalue weighted by Gasteiger charge is -2.24. The Morgan fingerprint density at radius 2 is 2.11 bits per heavy atom. The molecule has 0 radical (unpaired) electrons. The molecule has 100 valence electrons. The molecule has 3 nitrogen and oxygen atoms in total. The first kappa shape index (κ1) is 13.5. The molecule has 0 saturated carbocycles. The molecule has 1 fully saturated rings. The van der Waals surface area contributed by atoms with Gasteiger partial charge in [-0.2, -0.15) is 0 Å². The second kappa shape index (κ2) is 6.88. The lowest BCUT2D eigenvalue weighted by atomic mass is 10.1. The van der Waals surface area contributed by atoms with Crippen molar-refractivity contribution in [3.63, 3.8) is 0 Å². The molecular weight excluding hydrogens is 222 g/mol. The van der Waals surface area contributed by atoms with Crippen molar-refractivity contribution < 1.29 is 0 Å². The van der Waals surface area contributed by atoms with Gasteiger partial charge in [-0.3, -0.25) is 0 Å². The quantitative estimate of drug-likeness (QED) is 0.800. The first-order valence-electron chi connectivity index (χ1n) is 6.92. The highest BCUT2D eigenvalue weighted by atomic mass is 15.1. The third-order valence-corrected chi connectivity index (χ3v) is 3.52. The SMILES string of the molecule is CN(C)CC(NCC1CCCN1)c1ccccc1. The Morgan fingerprint density at radius 1 is 1.33 bits per heavy atom. The van der Waals surface area contributed by atoms with E-state index < -0.39 is 0 Å². The smallest absolute Gasteiger partial charge is 0.0449 e. The Labute approximate surface area is 111 Å². The van der Waals surface area contributed by atoms with Crippen LogP contribution in [0.2, 0.25) is 0 Å². The zero-order chi connectivity index (χ0) is 12.8. The summed E-state index contributed by atoms with van der Waals surface area (Å²) in [5, 5.41) is 7.25. The van der Waals surface area contributed by atoms with E-state index in [0.29, 0.717) is 12.1 Å². The molecule has 1 aromatic rings. The van der Waals surface area contributed by atoms with E-state index in [-0.39, 0.29) is 0 Å². The third kappa shape index (κ3) is 4.09. The van der Waals surface area contributed by atoms with Crippen molar-refractivity contribution in [2.45, 2.75) is 24.9 Å². The first-order valence-corrected chi connectivity index (χ1v) is 6.92. The van der Waals surface area contributed by atoms with Crippen LogP contribution in [0, 0.1) is 0 Å². The molecule has 1 saturated heterocycles. The van der Waals surface area contributed by atoms with Gasteiger partial charge in [-0.25, -0.2) is 0 Å². The second-order valence-electron chi connectivity index (χ2n) is 5.43. The van der Waals surface area contributed by atoms with E-state index in [1.165, 1.54) is 24.9 Å². The van der Waals surface area contributed by atoms with Crippen molar-refractivity contribution in [3.05, 3.63) is 35.9 Å². The average Bonchev–Trinajstić information content (AvgIpc) is 2.88.